The summed E-state index contributed by atoms with van der Waals surface area (Å²) in [7, 11) is 0. The number of likely N-dealkylation sites (tertiary alicyclic amines) is 1. The van der Waals surface area contributed by atoms with E-state index >= 15 is 0 Å². The van der Waals surface area contributed by atoms with Crippen LogP contribution in [0, 0.1) is 0 Å². The third-order valence-electron chi connectivity index (χ3n) is 7.20. The van der Waals surface area contributed by atoms with E-state index in [1.54, 1.807) is 29.1 Å². The zero-order chi connectivity index (χ0) is 27.9. The second-order valence-corrected chi connectivity index (χ2v) is 10.4. The van der Waals surface area contributed by atoms with Crippen molar-refractivity contribution in [3.63, 3.8) is 0 Å². The van der Waals surface area contributed by atoms with Gasteiger partial charge in [0.15, 0.2) is 11.9 Å². The maximum absolute atomic E-state index is 13.7. The van der Waals surface area contributed by atoms with Crippen LogP contribution >= 0.6 is 0 Å². The lowest BCUT2D eigenvalue weighted by Gasteiger charge is -2.32. The second kappa shape index (κ2) is 10.4. The molecule has 0 saturated carbocycles. The van der Waals surface area contributed by atoms with Gasteiger partial charge in [-0.1, -0.05) is 6.07 Å². The van der Waals surface area contributed by atoms with E-state index in [4.69, 9.17) is 4.74 Å². The fourth-order valence-corrected chi connectivity index (χ4v) is 4.96. The number of hydrogen-bond donors (Lipinski definition) is 0. The standard InChI is InChI=1S/C27H30F5N5O2/c1-17(2)36-11-8-21(33-36)20-15-18(6-7-19(20)25(38)35-12-9-26(28,29)10-13-35)22-16-23(27(30,31)32)34-37(22)24-5-3-4-14-39-24/h6-8,11,15-17,24H,3-5,9-10,12-14H2,1-2H3. The highest BCUT2D eigenvalue weighted by Crippen LogP contribution is 2.38. The van der Waals surface area contributed by atoms with Gasteiger partial charge >= 0.3 is 6.18 Å². The molecule has 39 heavy (non-hydrogen) atoms. The normalized spacial score (nSPS) is 20.0. The van der Waals surface area contributed by atoms with Crippen molar-refractivity contribution in [1.82, 2.24) is 24.5 Å². The smallest absolute Gasteiger partial charge is 0.356 e. The van der Waals surface area contributed by atoms with Gasteiger partial charge in [0.2, 0.25) is 0 Å². The van der Waals surface area contributed by atoms with Crippen LogP contribution in [0.25, 0.3) is 22.5 Å². The van der Waals surface area contributed by atoms with Crippen molar-refractivity contribution in [3.05, 3.63) is 47.8 Å². The molecular weight excluding hydrogens is 521 g/mol. The van der Waals surface area contributed by atoms with Crippen LogP contribution in [0.3, 0.4) is 0 Å². The molecule has 5 rings (SSSR count). The summed E-state index contributed by atoms with van der Waals surface area (Å²) in [5, 5.41) is 8.44. The van der Waals surface area contributed by atoms with Gasteiger partial charge in [-0.2, -0.15) is 23.4 Å². The molecule has 2 aliphatic heterocycles. The Morgan fingerprint density at radius 2 is 1.82 bits per heavy atom. The van der Waals surface area contributed by atoms with Crippen molar-refractivity contribution in [2.24, 2.45) is 0 Å². The topological polar surface area (TPSA) is 65.2 Å². The zero-order valence-electron chi connectivity index (χ0n) is 21.7. The Kier molecular flexibility index (Phi) is 7.25. The Hall–Kier alpha value is -3.28. The number of hydrogen-bond acceptors (Lipinski definition) is 4. The highest BCUT2D eigenvalue weighted by atomic mass is 19.4. The molecule has 0 spiro atoms. The molecule has 1 unspecified atom stereocenters. The molecule has 1 amide bonds. The molecule has 1 aromatic carbocycles. The number of piperidine rings is 1. The van der Waals surface area contributed by atoms with Gasteiger partial charge < -0.3 is 9.64 Å². The van der Waals surface area contributed by atoms with Crippen molar-refractivity contribution in [1.29, 1.82) is 0 Å². The van der Waals surface area contributed by atoms with E-state index in [-0.39, 0.29) is 30.4 Å². The first-order valence-corrected chi connectivity index (χ1v) is 13.1. The molecule has 12 heteroatoms. The monoisotopic (exact) mass is 551 g/mol. The Bertz CT molecular complexity index is 1330. The predicted molar refractivity (Wildman–Crippen MR) is 133 cm³/mol. The molecular formula is C27H30F5N5O2. The van der Waals surface area contributed by atoms with Crippen LogP contribution < -0.4 is 0 Å². The van der Waals surface area contributed by atoms with Crippen LogP contribution in [0.1, 0.15) is 74.3 Å². The first kappa shape index (κ1) is 27.3. The van der Waals surface area contributed by atoms with E-state index in [0.717, 1.165) is 18.9 Å². The third kappa shape index (κ3) is 5.70. The van der Waals surface area contributed by atoms with Crippen molar-refractivity contribution < 1.29 is 31.5 Å². The fourth-order valence-electron chi connectivity index (χ4n) is 4.96. The van der Waals surface area contributed by atoms with E-state index in [1.807, 2.05) is 13.8 Å². The predicted octanol–water partition coefficient (Wildman–Crippen LogP) is 6.58. The second-order valence-electron chi connectivity index (χ2n) is 10.4. The lowest BCUT2D eigenvalue weighted by molar-refractivity contribution is -0.142. The largest absolute Gasteiger partial charge is 0.435 e. The highest BCUT2D eigenvalue weighted by Gasteiger charge is 2.38. The van der Waals surface area contributed by atoms with Crippen LogP contribution in [-0.4, -0.2) is 56.0 Å². The van der Waals surface area contributed by atoms with Gasteiger partial charge in [-0.05, 0) is 57.4 Å². The molecule has 3 aromatic rings. The number of amides is 1. The molecule has 210 valence electrons. The molecule has 2 saturated heterocycles. The molecule has 0 aliphatic carbocycles. The highest BCUT2D eigenvalue weighted by molar-refractivity contribution is 6.01. The number of benzene rings is 1. The SMILES string of the molecule is CC(C)n1ccc(-c2cc(-c3cc(C(F)(F)F)nn3C3CCCCO3)ccc2C(=O)N2CCC(F)(F)CC2)n1. The summed E-state index contributed by atoms with van der Waals surface area (Å²) >= 11 is 0. The molecule has 0 bridgehead atoms. The lowest BCUT2D eigenvalue weighted by atomic mass is 9.97. The Morgan fingerprint density at radius 1 is 1.08 bits per heavy atom. The first-order valence-electron chi connectivity index (χ1n) is 13.1. The summed E-state index contributed by atoms with van der Waals surface area (Å²) in [6.07, 6.45) is -2.25. The maximum atomic E-state index is 13.7. The summed E-state index contributed by atoms with van der Waals surface area (Å²) in [6, 6.07) is 7.45. The van der Waals surface area contributed by atoms with Gasteiger partial charge in [0, 0.05) is 61.5 Å². The van der Waals surface area contributed by atoms with E-state index < -0.39 is 42.8 Å². The summed E-state index contributed by atoms with van der Waals surface area (Å²) in [5.74, 6) is -3.23. The minimum absolute atomic E-state index is 0.0321. The van der Waals surface area contributed by atoms with Crippen molar-refractivity contribution in [2.45, 2.75) is 70.3 Å². The van der Waals surface area contributed by atoms with Crippen LogP contribution in [0.2, 0.25) is 0 Å². The molecule has 0 radical (unpaired) electrons. The van der Waals surface area contributed by atoms with Crippen molar-refractivity contribution in [2.75, 3.05) is 19.7 Å². The number of carbonyl (C=O) groups is 1. The van der Waals surface area contributed by atoms with Gasteiger partial charge in [0.1, 0.15) is 0 Å². The number of carbonyl (C=O) groups excluding carboxylic acids is 1. The number of alkyl halides is 5. The molecule has 2 fully saturated rings. The summed E-state index contributed by atoms with van der Waals surface area (Å²) in [6.45, 7) is 4.12. The fraction of sp³-hybridized carbons (Fsp3) is 0.519. The minimum atomic E-state index is -4.65. The lowest BCUT2D eigenvalue weighted by Crippen LogP contribution is -2.42. The van der Waals surface area contributed by atoms with Gasteiger partial charge in [-0.25, -0.2) is 13.5 Å². The van der Waals surface area contributed by atoms with Gasteiger partial charge in [-0.3, -0.25) is 9.48 Å². The van der Waals surface area contributed by atoms with E-state index in [1.165, 1.54) is 15.6 Å². The average Bonchev–Trinajstić information content (AvgIpc) is 3.57. The molecule has 2 aromatic heterocycles. The van der Waals surface area contributed by atoms with Crippen LogP contribution in [0.4, 0.5) is 22.0 Å². The zero-order valence-corrected chi connectivity index (χ0v) is 21.7. The van der Waals surface area contributed by atoms with E-state index in [0.29, 0.717) is 29.8 Å². The van der Waals surface area contributed by atoms with Crippen LogP contribution in [0.15, 0.2) is 36.5 Å². The van der Waals surface area contributed by atoms with Gasteiger partial charge in [0.05, 0.1) is 11.4 Å². The van der Waals surface area contributed by atoms with E-state index in [9.17, 15) is 26.7 Å². The average molecular weight is 552 g/mol. The number of nitrogens with zero attached hydrogens (tertiary/aromatic N) is 5. The summed E-state index contributed by atoms with van der Waals surface area (Å²) in [4.78, 5) is 14.9. The van der Waals surface area contributed by atoms with Crippen molar-refractivity contribution >= 4 is 5.91 Å². The third-order valence-corrected chi connectivity index (χ3v) is 7.20. The summed E-state index contributed by atoms with van der Waals surface area (Å²) < 4.78 is 77.2. The summed E-state index contributed by atoms with van der Waals surface area (Å²) in [5.41, 5.74) is 0.673. The quantitative estimate of drug-likeness (QED) is 0.336. The molecule has 4 heterocycles. The Balaban J connectivity index is 1.60. The molecule has 7 nitrogen and oxygen atoms in total. The number of aromatic nitrogens is 4. The molecule has 2 aliphatic rings. The van der Waals surface area contributed by atoms with E-state index in [2.05, 4.69) is 10.2 Å². The number of rotatable bonds is 5. The van der Waals surface area contributed by atoms with Gasteiger partial charge in [0.25, 0.3) is 11.8 Å². The number of halogens is 5. The first-order chi connectivity index (χ1) is 18.4. The van der Waals surface area contributed by atoms with Crippen LogP contribution in [-0.2, 0) is 10.9 Å². The van der Waals surface area contributed by atoms with Gasteiger partial charge in [-0.15, -0.1) is 0 Å². The van der Waals surface area contributed by atoms with Crippen molar-refractivity contribution in [3.8, 4) is 22.5 Å². The molecule has 0 N–H and O–H groups in total. The van der Waals surface area contributed by atoms with Crippen LogP contribution in [0.5, 0.6) is 0 Å². The molecule has 1 atom stereocenters. The Morgan fingerprint density at radius 3 is 2.44 bits per heavy atom. The minimum Gasteiger partial charge on any atom is -0.356 e. The Labute approximate surface area is 222 Å². The maximum Gasteiger partial charge on any atom is 0.435 e. The number of ether oxygens (including phenoxy) is 1.